The van der Waals surface area contributed by atoms with Gasteiger partial charge in [-0.2, -0.15) is 0 Å². The molecular formula is C13H17NO. The van der Waals surface area contributed by atoms with Crippen molar-refractivity contribution in [1.82, 2.24) is 4.98 Å². The van der Waals surface area contributed by atoms with Crippen LogP contribution in [0.4, 0.5) is 0 Å². The Morgan fingerprint density at radius 2 is 2.27 bits per heavy atom. The van der Waals surface area contributed by atoms with Crippen molar-refractivity contribution in [1.29, 1.82) is 0 Å². The molecule has 2 unspecified atom stereocenters. The fraction of sp³-hybridized carbons (Fsp3) is 0.538. The van der Waals surface area contributed by atoms with E-state index >= 15 is 0 Å². The van der Waals surface area contributed by atoms with Crippen LogP contribution in [0.25, 0.3) is 0 Å². The summed E-state index contributed by atoms with van der Waals surface area (Å²) < 4.78 is 0. The summed E-state index contributed by atoms with van der Waals surface area (Å²) in [5.41, 5.74) is 4.11. The van der Waals surface area contributed by atoms with E-state index in [9.17, 15) is 5.11 Å². The van der Waals surface area contributed by atoms with E-state index in [0.29, 0.717) is 17.3 Å². The van der Waals surface area contributed by atoms with E-state index in [1.807, 2.05) is 0 Å². The zero-order valence-electron chi connectivity index (χ0n) is 9.25. The summed E-state index contributed by atoms with van der Waals surface area (Å²) in [6.45, 7) is 4.78. The molecule has 2 bridgehead atoms. The van der Waals surface area contributed by atoms with Crippen molar-refractivity contribution in [2.75, 3.05) is 0 Å². The molecule has 1 aromatic heterocycles. The van der Waals surface area contributed by atoms with E-state index < -0.39 is 0 Å². The first-order chi connectivity index (χ1) is 7.13. The molecule has 3 aliphatic rings. The largest absolute Gasteiger partial charge is 0.390 e. The first-order valence-corrected chi connectivity index (χ1v) is 5.62. The second-order valence-electron chi connectivity index (χ2n) is 5.46. The number of allylic oxidation sites excluding steroid dienone is 2. The van der Waals surface area contributed by atoms with Crippen LogP contribution in [0.2, 0.25) is 0 Å². The van der Waals surface area contributed by atoms with Gasteiger partial charge >= 0.3 is 0 Å². The number of hydrogen-bond acceptors (Lipinski definition) is 1. The van der Waals surface area contributed by atoms with Crippen LogP contribution in [0.3, 0.4) is 0 Å². The Morgan fingerprint density at radius 3 is 2.93 bits per heavy atom. The van der Waals surface area contributed by atoms with Crippen molar-refractivity contribution in [2.45, 2.75) is 38.7 Å². The molecule has 2 heteroatoms. The van der Waals surface area contributed by atoms with Gasteiger partial charge in [0.2, 0.25) is 0 Å². The Hall–Kier alpha value is -1.02. The molecule has 1 heterocycles. The Kier molecular flexibility index (Phi) is 1.70. The van der Waals surface area contributed by atoms with Gasteiger partial charge in [-0.1, -0.05) is 26.0 Å². The van der Waals surface area contributed by atoms with E-state index in [4.69, 9.17) is 0 Å². The molecule has 0 aliphatic heterocycles. The smallest absolute Gasteiger partial charge is 0.0833 e. The Morgan fingerprint density at radius 1 is 1.47 bits per heavy atom. The van der Waals surface area contributed by atoms with Crippen molar-refractivity contribution >= 4 is 0 Å². The van der Waals surface area contributed by atoms with E-state index in [1.54, 1.807) is 0 Å². The minimum Gasteiger partial charge on any atom is -0.390 e. The average Bonchev–Trinajstić information content (AvgIpc) is 2.61. The quantitative estimate of drug-likeness (QED) is 0.676. The highest BCUT2D eigenvalue weighted by atomic mass is 16.3. The Bertz CT molecular complexity index is 428. The summed E-state index contributed by atoms with van der Waals surface area (Å²) in [6.07, 6.45) is 7.96. The SMILES string of the molecule is CC1(C)CC2C=CC1c1c2c[nH]c1CO. The number of H-pyrrole nitrogens is 1. The lowest BCUT2D eigenvalue weighted by Crippen LogP contribution is -2.32. The molecule has 80 valence electrons. The van der Waals surface area contributed by atoms with Crippen LogP contribution in [-0.2, 0) is 6.61 Å². The maximum atomic E-state index is 9.33. The monoisotopic (exact) mass is 203 g/mol. The molecule has 2 nitrogen and oxygen atoms in total. The zero-order valence-corrected chi connectivity index (χ0v) is 9.25. The fourth-order valence-corrected chi connectivity index (χ4v) is 3.27. The minimum atomic E-state index is 0.127. The van der Waals surface area contributed by atoms with Crippen molar-refractivity contribution in [3.05, 3.63) is 35.2 Å². The molecule has 0 saturated heterocycles. The third-order valence-corrected chi connectivity index (χ3v) is 4.03. The molecule has 3 aliphatic carbocycles. The third-order valence-electron chi connectivity index (χ3n) is 4.03. The second kappa shape index (κ2) is 2.76. The standard InChI is InChI=1S/C13H17NO/c1-13(2)5-8-3-4-10(13)12-9(8)6-14-11(12)7-15/h3-4,6,8,10,14-15H,5,7H2,1-2H3. The van der Waals surface area contributed by atoms with Crippen LogP contribution in [-0.4, -0.2) is 10.1 Å². The van der Waals surface area contributed by atoms with Gasteiger partial charge in [-0.3, -0.25) is 0 Å². The highest BCUT2D eigenvalue weighted by Crippen LogP contribution is 2.55. The number of rotatable bonds is 1. The third kappa shape index (κ3) is 1.08. The molecule has 2 atom stereocenters. The molecule has 4 rings (SSSR count). The van der Waals surface area contributed by atoms with E-state index in [1.165, 1.54) is 17.5 Å². The van der Waals surface area contributed by atoms with Gasteiger partial charge in [0.05, 0.1) is 6.61 Å². The summed E-state index contributed by atoms with van der Waals surface area (Å²) in [6, 6.07) is 0. The van der Waals surface area contributed by atoms with Crippen molar-refractivity contribution in [3.63, 3.8) is 0 Å². The van der Waals surface area contributed by atoms with Crippen LogP contribution in [0, 0.1) is 5.41 Å². The zero-order chi connectivity index (χ0) is 10.6. The van der Waals surface area contributed by atoms with Crippen LogP contribution in [0.1, 0.15) is 48.9 Å². The minimum absolute atomic E-state index is 0.127. The van der Waals surface area contributed by atoms with Gasteiger partial charge in [0.25, 0.3) is 0 Å². The molecule has 1 aromatic rings. The maximum Gasteiger partial charge on any atom is 0.0833 e. The number of nitrogens with one attached hydrogen (secondary N) is 1. The average molecular weight is 203 g/mol. The van der Waals surface area contributed by atoms with Crippen LogP contribution < -0.4 is 0 Å². The molecule has 2 N–H and O–H groups in total. The van der Waals surface area contributed by atoms with Gasteiger partial charge < -0.3 is 10.1 Å². The predicted molar refractivity (Wildman–Crippen MR) is 59.7 cm³/mol. The van der Waals surface area contributed by atoms with E-state index in [2.05, 4.69) is 37.2 Å². The number of aromatic amines is 1. The van der Waals surface area contributed by atoms with Gasteiger partial charge in [-0.15, -0.1) is 0 Å². The summed E-state index contributed by atoms with van der Waals surface area (Å²) in [7, 11) is 0. The summed E-state index contributed by atoms with van der Waals surface area (Å²) >= 11 is 0. The molecule has 0 spiro atoms. The van der Waals surface area contributed by atoms with Gasteiger partial charge in [0.1, 0.15) is 0 Å². The predicted octanol–water partition coefficient (Wildman–Crippen LogP) is 2.67. The summed E-state index contributed by atoms with van der Waals surface area (Å²) in [4.78, 5) is 3.21. The normalized spacial score (nSPS) is 30.6. The molecule has 0 saturated carbocycles. The molecule has 0 amide bonds. The number of aliphatic hydroxyl groups is 1. The number of aliphatic hydroxyl groups excluding tert-OH is 1. The van der Waals surface area contributed by atoms with E-state index in [-0.39, 0.29) is 6.61 Å². The van der Waals surface area contributed by atoms with Crippen LogP contribution in [0.15, 0.2) is 18.3 Å². The first kappa shape index (κ1) is 9.22. The Labute approximate surface area is 90.0 Å². The van der Waals surface area contributed by atoms with Gasteiger partial charge in [0, 0.05) is 23.7 Å². The lowest BCUT2D eigenvalue weighted by molar-refractivity contribution is 0.241. The van der Waals surface area contributed by atoms with Crippen LogP contribution in [0.5, 0.6) is 0 Å². The van der Waals surface area contributed by atoms with Crippen molar-refractivity contribution in [3.8, 4) is 0 Å². The van der Waals surface area contributed by atoms with Crippen molar-refractivity contribution < 1.29 is 5.11 Å². The highest BCUT2D eigenvalue weighted by molar-refractivity contribution is 5.48. The van der Waals surface area contributed by atoms with Crippen molar-refractivity contribution in [2.24, 2.45) is 5.41 Å². The van der Waals surface area contributed by atoms with Gasteiger partial charge in [-0.05, 0) is 23.0 Å². The lowest BCUT2D eigenvalue weighted by atomic mass is 9.59. The maximum absolute atomic E-state index is 9.33. The molecule has 0 radical (unpaired) electrons. The number of hydrogen-bond donors (Lipinski definition) is 2. The highest BCUT2D eigenvalue weighted by Gasteiger charge is 2.43. The second-order valence-corrected chi connectivity index (χ2v) is 5.46. The first-order valence-electron chi connectivity index (χ1n) is 5.62. The fourth-order valence-electron chi connectivity index (χ4n) is 3.27. The topological polar surface area (TPSA) is 36.0 Å². The molecule has 0 fully saturated rings. The molecule has 0 aromatic carbocycles. The van der Waals surface area contributed by atoms with E-state index in [0.717, 1.165) is 5.69 Å². The Balaban J connectivity index is 2.20. The molecular weight excluding hydrogens is 186 g/mol. The van der Waals surface area contributed by atoms with Gasteiger partial charge in [0.15, 0.2) is 0 Å². The number of fused-ring (bicyclic) bond motifs is 1. The lowest BCUT2D eigenvalue weighted by Gasteiger charge is -2.44. The van der Waals surface area contributed by atoms with Gasteiger partial charge in [-0.25, -0.2) is 0 Å². The molecule has 15 heavy (non-hydrogen) atoms. The van der Waals surface area contributed by atoms with Crippen LogP contribution >= 0.6 is 0 Å². The number of aromatic nitrogens is 1. The summed E-state index contributed by atoms with van der Waals surface area (Å²) in [5.74, 6) is 1.03. The summed E-state index contributed by atoms with van der Waals surface area (Å²) in [5, 5.41) is 9.33.